The summed E-state index contributed by atoms with van der Waals surface area (Å²) in [5.41, 5.74) is -0.625. The number of hydrogen-bond donors (Lipinski definition) is 2. The molecule has 0 aromatic carbocycles. The molecule has 0 aromatic heterocycles. The Bertz CT molecular complexity index is 250. The molecule has 0 radical (unpaired) electrons. The predicted octanol–water partition coefficient (Wildman–Crippen LogP) is -0.148. The average Bonchev–Trinajstić information content (AvgIpc) is 1.88. The van der Waals surface area contributed by atoms with Gasteiger partial charge >= 0.3 is 11.9 Å². The van der Waals surface area contributed by atoms with Crippen LogP contribution in [0.4, 0.5) is 0 Å². The third-order valence-electron chi connectivity index (χ3n) is 0.999. The monoisotopic (exact) mass is 155 g/mol. The highest BCUT2D eigenvalue weighted by Crippen LogP contribution is 2.07. The van der Waals surface area contributed by atoms with Crippen LogP contribution in [0, 0.1) is 17.2 Å². The number of carbonyl (C=O) groups is 2. The van der Waals surface area contributed by atoms with E-state index in [0.717, 1.165) is 0 Å². The van der Waals surface area contributed by atoms with E-state index in [9.17, 15) is 9.59 Å². The molecule has 2 N–H and O–H groups in total. The zero-order chi connectivity index (χ0) is 9.02. The topological polar surface area (TPSA) is 98.4 Å². The highest BCUT2D eigenvalue weighted by Gasteiger charge is 2.24. The van der Waals surface area contributed by atoms with Gasteiger partial charge in [0.1, 0.15) is 0 Å². The number of nitrogens with zero attached hydrogens (tertiary/aromatic N) is 1. The second kappa shape index (κ2) is 3.37. The van der Waals surface area contributed by atoms with Crippen molar-refractivity contribution in [1.29, 1.82) is 5.26 Å². The fourth-order valence-electron chi connectivity index (χ4n) is 0.406. The number of carboxylic acid groups (broad SMARTS) is 2. The van der Waals surface area contributed by atoms with Crippen LogP contribution in [0.3, 0.4) is 0 Å². The molecule has 0 aromatic rings. The lowest BCUT2D eigenvalue weighted by atomic mass is 10.0. The SMILES string of the molecule is C=C(C(=O)O)C(C#N)C(=O)O. The first-order valence-corrected chi connectivity index (χ1v) is 2.55. The summed E-state index contributed by atoms with van der Waals surface area (Å²) in [7, 11) is 0. The van der Waals surface area contributed by atoms with E-state index in [2.05, 4.69) is 6.58 Å². The first-order chi connectivity index (χ1) is 5.00. The fourth-order valence-corrected chi connectivity index (χ4v) is 0.406. The van der Waals surface area contributed by atoms with Crippen LogP contribution in [0.2, 0.25) is 0 Å². The van der Waals surface area contributed by atoms with E-state index in [-0.39, 0.29) is 0 Å². The summed E-state index contributed by atoms with van der Waals surface area (Å²) >= 11 is 0. The van der Waals surface area contributed by atoms with Crippen LogP contribution in [0.1, 0.15) is 0 Å². The Labute approximate surface area is 62.2 Å². The molecule has 58 valence electrons. The lowest BCUT2D eigenvalue weighted by Gasteiger charge is -2.00. The molecule has 0 rings (SSSR count). The Kier molecular flexibility index (Phi) is 2.81. The van der Waals surface area contributed by atoms with E-state index in [4.69, 9.17) is 15.5 Å². The first kappa shape index (κ1) is 9.17. The van der Waals surface area contributed by atoms with Crippen molar-refractivity contribution in [2.24, 2.45) is 5.92 Å². The summed E-state index contributed by atoms with van der Waals surface area (Å²) in [5, 5.41) is 24.6. The van der Waals surface area contributed by atoms with Gasteiger partial charge in [-0.05, 0) is 0 Å². The molecule has 0 saturated heterocycles. The number of hydrogen-bond acceptors (Lipinski definition) is 3. The molecule has 0 bridgehead atoms. The Balaban J connectivity index is 4.56. The zero-order valence-electron chi connectivity index (χ0n) is 5.44. The molecule has 1 atom stereocenters. The predicted molar refractivity (Wildman–Crippen MR) is 33.5 cm³/mol. The Morgan fingerprint density at radius 1 is 1.45 bits per heavy atom. The molecule has 0 aliphatic rings. The Hall–Kier alpha value is -1.83. The van der Waals surface area contributed by atoms with Gasteiger partial charge in [-0.3, -0.25) is 4.79 Å². The summed E-state index contributed by atoms with van der Waals surface area (Å²) in [6.07, 6.45) is 0. The van der Waals surface area contributed by atoms with E-state index in [1.165, 1.54) is 6.07 Å². The van der Waals surface area contributed by atoms with Crippen LogP contribution in [0.25, 0.3) is 0 Å². The van der Waals surface area contributed by atoms with Gasteiger partial charge in [-0.25, -0.2) is 4.79 Å². The van der Waals surface area contributed by atoms with Crippen LogP contribution in [0.5, 0.6) is 0 Å². The minimum atomic E-state index is -1.66. The largest absolute Gasteiger partial charge is 0.480 e. The highest BCUT2D eigenvalue weighted by molar-refractivity contribution is 5.94. The third-order valence-corrected chi connectivity index (χ3v) is 0.999. The Morgan fingerprint density at radius 2 is 1.91 bits per heavy atom. The number of nitriles is 1. The van der Waals surface area contributed by atoms with Gasteiger partial charge in [-0.1, -0.05) is 6.58 Å². The molecule has 0 spiro atoms. The second-order valence-corrected chi connectivity index (χ2v) is 1.73. The van der Waals surface area contributed by atoms with Crippen molar-refractivity contribution in [1.82, 2.24) is 0 Å². The van der Waals surface area contributed by atoms with Gasteiger partial charge in [-0.2, -0.15) is 5.26 Å². The maximum absolute atomic E-state index is 10.1. The zero-order valence-corrected chi connectivity index (χ0v) is 5.44. The molecule has 1 unspecified atom stereocenters. The lowest BCUT2D eigenvalue weighted by Crippen LogP contribution is -2.18. The van der Waals surface area contributed by atoms with Crippen LogP contribution >= 0.6 is 0 Å². The van der Waals surface area contributed by atoms with Crippen molar-refractivity contribution in [3.63, 3.8) is 0 Å². The van der Waals surface area contributed by atoms with Crippen LogP contribution in [-0.2, 0) is 9.59 Å². The van der Waals surface area contributed by atoms with E-state index in [1.807, 2.05) is 0 Å². The smallest absolute Gasteiger partial charge is 0.332 e. The number of aliphatic carboxylic acids is 2. The first-order valence-electron chi connectivity index (χ1n) is 2.55. The van der Waals surface area contributed by atoms with E-state index >= 15 is 0 Å². The molecule has 0 heterocycles. The quantitative estimate of drug-likeness (QED) is 0.552. The summed E-state index contributed by atoms with van der Waals surface area (Å²) < 4.78 is 0. The van der Waals surface area contributed by atoms with Crippen LogP contribution < -0.4 is 0 Å². The summed E-state index contributed by atoms with van der Waals surface area (Å²) in [6.45, 7) is 2.94. The Morgan fingerprint density at radius 3 is 2.00 bits per heavy atom. The van der Waals surface area contributed by atoms with Crippen molar-refractivity contribution in [2.75, 3.05) is 0 Å². The fraction of sp³-hybridized carbons (Fsp3) is 0.167. The average molecular weight is 155 g/mol. The second-order valence-electron chi connectivity index (χ2n) is 1.73. The minimum absolute atomic E-state index is 0.625. The minimum Gasteiger partial charge on any atom is -0.480 e. The molecule has 11 heavy (non-hydrogen) atoms. The molecular formula is C6H5NO4. The van der Waals surface area contributed by atoms with Gasteiger partial charge in [0.25, 0.3) is 0 Å². The maximum Gasteiger partial charge on any atom is 0.332 e. The molecule has 0 saturated carbocycles. The molecule has 0 amide bonds. The van der Waals surface area contributed by atoms with Crippen molar-refractivity contribution >= 4 is 11.9 Å². The van der Waals surface area contributed by atoms with Gasteiger partial charge in [0.2, 0.25) is 0 Å². The van der Waals surface area contributed by atoms with Gasteiger partial charge < -0.3 is 10.2 Å². The van der Waals surface area contributed by atoms with Crippen LogP contribution in [0.15, 0.2) is 12.2 Å². The third kappa shape index (κ3) is 2.10. The van der Waals surface area contributed by atoms with E-state index in [1.54, 1.807) is 0 Å². The van der Waals surface area contributed by atoms with Gasteiger partial charge in [0.05, 0.1) is 11.6 Å². The lowest BCUT2D eigenvalue weighted by molar-refractivity contribution is -0.142. The molecule has 0 fully saturated rings. The number of carboxylic acids is 2. The molecule has 0 aliphatic carbocycles. The van der Waals surface area contributed by atoms with Crippen LogP contribution in [-0.4, -0.2) is 22.2 Å². The van der Waals surface area contributed by atoms with Crippen molar-refractivity contribution in [3.8, 4) is 6.07 Å². The van der Waals surface area contributed by atoms with Gasteiger partial charge in [-0.15, -0.1) is 0 Å². The summed E-state index contributed by atoms with van der Waals surface area (Å²) in [4.78, 5) is 20.2. The maximum atomic E-state index is 10.1. The highest BCUT2D eigenvalue weighted by atomic mass is 16.4. The number of rotatable bonds is 3. The molecule has 0 aliphatic heterocycles. The van der Waals surface area contributed by atoms with Crippen molar-refractivity contribution < 1.29 is 19.8 Å². The standard InChI is InChI=1S/C6H5NO4/c1-3(5(8)9)4(2-7)6(10)11/h4H,1H2,(H,8,9)(H,10,11). The molecule has 5 nitrogen and oxygen atoms in total. The summed E-state index contributed by atoms with van der Waals surface area (Å²) in [5.74, 6) is -4.63. The normalized spacial score (nSPS) is 11.2. The van der Waals surface area contributed by atoms with Gasteiger partial charge in [0, 0.05) is 0 Å². The van der Waals surface area contributed by atoms with Crippen molar-refractivity contribution in [3.05, 3.63) is 12.2 Å². The van der Waals surface area contributed by atoms with Crippen molar-refractivity contribution in [2.45, 2.75) is 0 Å². The van der Waals surface area contributed by atoms with E-state index in [0.29, 0.717) is 0 Å². The molecule has 5 heteroatoms. The summed E-state index contributed by atoms with van der Waals surface area (Å²) in [6, 6.07) is 1.30. The van der Waals surface area contributed by atoms with Gasteiger partial charge in [0.15, 0.2) is 5.92 Å². The molecular weight excluding hydrogens is 150 g/mol. The van der Waals surface area contributed by atoms with E-state index < -0.39 is 23.4 Å².